The van der Waals surface area contributed by atoms with Gasteiger partial charge in [0.2, 0.25) is 0 Å². The van der Waals surface area contributed by atoms with Crippen LogP contribution in [0.3, 0.4) is 0 Å². The van der Waals surface area contributed by atoms with Crippen LogP contribution >= 0.6 is 19.5 Å². The molecule has 0 aromatic heterocycles. The standard InChI is InChI=1S/C9H16NO5PS/c1-8(11)17-7-4-9(12)10(16(13,14)15)5-2-3-6-10/h2-7H2,1H3,(H-,13,14,15)/p+1. The summed E-state index contributed by atoms with van der Waals surface area (Å²) in [5, 5.41) is -0.0954. The molecule has 1 saturated heterocycles. The van der Waals surface area contributed by atoms with E-state index >= 15 is 0 Å². The number of quaternary nitrogens is 1. The molecule has 0 radical (unpaired) electrons. The van der Waals surface area contributed by atoms with Crippen LogP contribution < -0.4 is 0 Å². The van der Waals surface area contributed by atoms with Gasteiger partial charge in [-0.3, -0.25) is 14.6 Å². The van der Waals surface area contributed by atoms with Crippen molar-refractivity contribution in [2.45, 2.75) is 26.2 Å². The predicted molar refractivity (Wildman–Crippen MR) is 64.0 cm³/mol. The van der Waals surface area contributed by atoms with Gasteiger partial charge in [0.05, 0.1) is 19.5 Å². The summed E-state index contributed by atoms with van der Waals surface area (Å²) in [6, 6.07) is 0. The quantitative estimate of drug-likeness (QED) is 0.744. The number of likely N-dealkylation sites (tertiary alicyclic amines) is 1. The highest BCUT2D eigenvalue weighted by atomic mass is 32.2. The molecule has 1 fully saturated rings. The van der Waals surface area contributed by atoms with Crippen LogP contribution in [0.15, 0.2) is 0 Å². The maximum atomic E-state index is 12.0. The third-order valence-electron chi connectivity index (χ3n) is 2.89. The van der Waals surface area contributed by atoms with Gasteiger partial charge in [-0.1, -0.05) is 11.8 Å². The summed E-state index contributed by atoms with van der Waals surface area (Å²) in [5.74, 6) is -0.168. The third-order valence-corrected chi connectivity index (χ3v) is 5.33. The molecule has 1 aliphatic rings. The summed E-state index contributed by atoms with van der Waals surface area (Å²) < 4.78 is 10.7. The van der Waals surface area contributed by atoms with Crippen LogP contribution in [0.4, 0.5) is 0 Å². The molecular weight excluding hydrogens is 265 g/mol. The maximum absolute atomic E-state index is 12.0. The lowest BCUT2D eigenvalue weighted by molar-refractivity contribution is -0.732. The van der Waals surface area contributed by atoms with Crippen LogP contribution in [0, 0.1) is 0 Å². The van der Waals surface area contributed by atoms with Gasteiger partial charge in [-0.2, -0.15) is 4.25 Å². The van der Waals surface area contributed by atoms with E-state index in [4.69, 9.17) is 0 Å². The van der Waals surface area contributed by atoms with Crippen molar-refractivity contribution < 1.29 is 28.2 Å². The number of carbonyl (C=O) groups is 2. The van der Waals surface area contributed by atoms with E-state index in [9.17, 15) is 23.9 Å². The first-order valence-electron chi connectivity index (χ1n) is 5.39. The van der Waals surface area contributed by atoms with Crippen molar-refractivity contribution >= 4 is 30.5 Å². The first-order chi connectivity index (χ1) is 7.79. The van der Waals surface area contributed by atoms with E-state index in [0.717, 1.165) is 11.8 Å². The van der Waals surface area contributed by atoms with E-state index in [2.05, 4.69) is 0 Å². The van der Waals surface area contributed by atoms with E-state index in [1.807, 2.05) is 0 Å². The topological polar surface area (TPSA) is 91.7 Å². The van der Waals surface area contributed by atoms with Crippen LogP contribution in [-0.2, 0) is 14.2 Å². The molecule has 0 saturated carbocycles. The van der Waals surface area contributed by atoms with Crippen molar-refractivity contribution in [2.75, 3.05) is 18.8 Å². The van der Waals surface area contributed by atoms with Crippen molar-refractivity contribution in [3.05, 3.63) is 0 Å². The molecule has 1 aliphatic heterocycles. The minimum Gasteiger partial charge on any atom is -0.288 e. The number of thioether (sulfide) groups is 1. The van der Waals surface area contributed by atoms with E-state index < -0.39 is 17.9 Å². The monoisotopic (exact) mass is 282 g/mol. The molecule has 98 valence electrons. The van der Waals surface area contributed by atoms with Gasteiger partial charge in [-0.05, 0) is 0 Å². The molecule has 0 aromatic rings. The van der Waals surface area contributed by atoms with E-state index in [1.165, 1.54) is 6.92 Å². The predicted octanol–water partition coefficient (Wildman–Crippen LogP) is 0.886. The first kappa shape index (κ1) is 14.9. The van der Waals surface area contributed by atoms with Gasteiger partial charge in [-0.25, -0.2) is 9.36 Å². The Labute approximate surface area is 104 Å². The molecule has 0 unspecified atom stereocenters. The summed E-state index contributed by atoms with van der Waals surface area (Å²) in [5.41, 5.74) is 0. The van der Waals surface area contributed by atoms with E-state index in [1.54, 1.807) is 0 Å². The average molecular weight is 282 g/mol. The highest BCUT2D eigenvalue weighted by Crippen LogP contribution is 2.51. The molecule has 1 amide bonds. The first-order valence-corrected chi connectivity index (χ1v) is 7.94. The highest BCUT2D eigenvalue weighted by molar-refractivity contribution is 8.13. The molecule has 0 aliphatic carbocycles. The van der Waals surface area contributed by atoms with Crippen molar-refractivity contribution in [1.29, 1.82) is 0 Å². The molecule has 0 bridgehead atoms. The lowest BCUT2D eigenvalue weighted by Gasteiger charge is -2.30. The summed E-state index contributed by atoms with van der Waals surface area (Å²) >= 11 is 1.01. The lowest BCUT2D eigenvalue weighted by Crippen LogP contribution is -2.47. The number of hydrogen-bond acceptors (Lipinski definition) is 4. The smallest absolute Gasteiger partial charge is 0.288 e. The zero-order chi connectivity index (χ0) is 13.1. The van der Waals surface area contributed by atoms with Gasteiger partial charge < -0.3 is 0 Å². The zero-order valence-electron chi connectivity index (χ0n) is 9.66. The fourth-order valence-corrected chi connectivity index (χ4v) is 3.76. The van der Waals surface area contributed by atoms with Crippen LogP contribution in [-0.4, -0.2) is 43.9 Å². The summed E-state index contributed by atoms with van der Waals surface area (Å²) in [6.07, 6.45) is 1.32. The molecule has 17 heavy (non-hydrogen) atoms. The normalized spacial score (nSPS) is 19.2. The maximum Gasteiger partial charge on any atom is 0.533 e. The van der Waals surface area contributed by atoms with Crippen LogP contribution in [0.2, 0.25) is 0 Å². The number of carbonyl (C=O) groups excluding carboxylic acids is 2. The number of hydrogen-bond donors (Lipinski definition) is 2. The zero-order valence-corrected chi connectivity index (χ0v) is 11.4. The second-order valence-corrected chi connectivity index (χ2v) is 7.14. The average Bonchev–Trinajstić information content (AvgIpc) is 2.65. The number of rotatable bonds is 4. The summed E-state index contributed by atoms with van der Waals surface area (Å²) in [6.45, 7) is 1.81. The second-order valence-electron chi connectivity index (χ2n) is 4.07. The van der Waals surface area contributed by atoms with Gasteiger partial charge in [0, 0.05) is 25.5 Å². The minimum atomic E-state index is -4.47. The molecule has 0 spiro atoms. The Bertz CT molecular complexity index is 360. The van der Waals surface area contributed by atoms with Crippen molar-refractivity contribution in [1.82, 2.24) is 0 Å². The Kier molecular flexibility index (Phi) is 4.92. The van der Waals surface area contributed by atoms with Gasteiger partial charge >= 0.3 is 13.7 Å². The SMILES string of the molecule is CC(=O)SCCC(=O)[N+]1(P(=O)(O)O)CCCC1. The molecular formula is C9H17NO5PS+. The molecule has 6 nitrogen and oxygen atoms in total. The minimum absolute atomic E-state index is 0.0232. The Balaban J connectivity index is 2.69. The van der Waals surface area contributed by atoms with Crippen molar-refractivity contribution in [3.8, 4) is 0 Å². The lowest BCUT2D eigenvalue weighted by atomic mass is 10.4. The van der Waals surface area contributed by atoms with Crippen molar-refractivity contribution in [3.63, 3.8) is 0 Å². The number of nitrogens with zero attached hydrogens (tertiary/aromatic N) is 1. The molecule has 1 rings (SSSR count). The fourth-order valence-electron chi connectivity index (χ4n) is 2.00. The van der Waals surface area contributed by atoms with E-state index in [0.29, 0.717) is 12.8 Å². The Hall–Kier alpha value is -0.200. The van der Waals surface area contributed by atoms with Gasteiger partial charge in [0.15, 0.2) is 5.12 Å². The van der Waals surface area contributed by atoms with Gasteiger partial charge in [0.1, 0.15) is 0 Å². The van der Waals surface area contributed by atoms with Gasteiger partial charge in [-0.15, -0.1) is 0 Å². The molecule has 8 heteroatoms. The summed E-state index contributed by atoms with van der Waals surface area (Å²) in [4.78, 5) is 41.3. The van der Waals surface area contributed by atoms with Crippen molar-refractivity contribution in [2.24, 2.45) is 0 Å². The largest absolute Gasteiger partial charge is 0.533 e. The fraction of sp³-hybridized carbons (Fsp3) is 0.778. The third kappa shape index (κ3) is 3.39. The Morgan fingerprint density at radius 2 is 1.82 bits per heavy atom. The van der Waals surface area contributed by atoms with Crippen LogP contribution in [0.5, 0.6) is 0 Å². The van der Waals surface area contributed by atoms with Gasteiger partial charge in [0.25, 0.3) is 0 Å². The molecule has 1 heterocycles. The Morgan fingerprint density at radius 3 is 2.24 bits per heavy atom. The summed E-state index contributed by atoms with van der Waals surface area (Å²) in [7, 11) is -4.47. The van der Waals surface area contributed by atoms with Crippen LogP contribution in [0.25, 0.3) is 0 Å². The second kappa shape index (κ2) is 5.63. The molecule has 2 N–H and O–H groups in total. The molecule has 0 aromatic carbocycles. The molecule has 0 atom stereocenters. The Morgan fingerprint density at radius 1 is 1.29 bits per heavy atom. The highest BCUT2D eigenvalue weighted by Gasteiger charge is 2.53. The van der Waals surface area contributed by atoms with Crippen LogP contribution in [0.1, 0.15) is 26.2 Å². The van der Waals surface area contributed by atoms with E-state index in [-0.39, 0.29) is 30.4 Å². The number of amides is 1.